The molecule has 6 heterocycles. The normalized spacial score (nSPS) is 18.3. The van der Waals surface area contributed by atoms with E-state index in [1.165, 1.54) is 11.3 Å². The minimum absolute atomic E-state index is 0.188. The number of carbonyl (C=O) groups is 1. The highest BCUT2D eigenvalue weighted by molar-refractivity contribution is 5.95. The van der Waals surface area contributed by atoms with Crippen molar-refractivity contribution < 1.29 is 4.79 Å². The molecule has 204 valence electrons. The zero-order chi connectivity index (χ0) is 27.1. The maximum Gasteiger partial charge on any atom is 0.227 e. The molecule has 0 atom stereocenters. The number of anilines is 1. The van der Waals surface area contributed by atoms with E-state index >= 15 is 0 Å². The van der Waals surface area contributed by atoms with Crippen molar-refractivity contribution in [1.82, 2.24) is 29.2 Å². The summed E-state index contributed by atoms with van der Waals surface area (Å²) in [4.78, 5) is 32.5. The molecule has 0 N–H and O–H groups in total. The van der Waals surface area contributed by atoms with Gasteiger partial charge >= 0.3 is 0 Å². The van der Waals surface area contributed by atoms with Crippen LogP contribution in [0, 0.1) is 6.92 Å². The van der Waals surface area contributed by atoms with E-state index in [0.717, 1.165) is 97.5 Å². The van der Waals surface area contributed by atoms with Gasteiger partial charge in [0.15, 0.2) is 5.49 Å². The highest BCUT2D eigenvalue weighted by Gasteiger charge is 2.33. The smallest absolute Gasteiger partial charge is 0.227 e. The van der Waals surface area contributed by atoms with E-state index in [9.17, 15) is 4.79 Å². The molecular weight excluding hydrogens is 488 g/mol. The van der Waals surface area contributed by atoms with E-state index in [0.29, 0.717) is 6.42 Å². The minimum Gasteiger partial charge on any atom is -0.373 e. The number of pyridine rings is 1. The second kappa shape index (κ2) is 10.4. The second-order valence-corrected chi connectivity index (χ2v) is 10.8. The van der Waals surface area contributed by atoms with Crippen LogP contribution < -0.4 is 15.7 Å². The lowest BCUT2D eigenvalue weighted by atomic mass is 9.99. The fourth-order valence-corrected chi connectivity index (χ4v) is 6.33. The van der Waals surface area contributed by atoms with Gasteiger partial charge in [0.2, 0.25) is 5.91 Å². The van der Waals surface area contributed by atoms with Crippen molar-refractivity contribution >= 4 is 17.3 Å². The Morgan fingerprint density at radius 1 is 1.13 bits per heavy atom. The third-order valence-corrected chi connectivity index (χ3v) is 8.61. The van der Waals surface area contributed by atoms with Crippen molar-refractivity contribution in [2.75, 3.05) is 18.0 Å². The Morgan fingerprint density at radius 2 is 1.95 bits per heavy atom. The number of hydrogen-bond acceptors (Lipinski definition) is 6. The summed E-state index contributed by atoms with van der Waals surface area (Å²) in [6, 6.07) is 4.21. The summed E-state index contributed by atoms with van der Waals surface area (Å²) < 4.78 is 4.12. The predicted octanol–water partition coefficient (Wildman–Crippen LogP) is 3.27. The lowest BCUT2D eigenvalue weighted by Crippen LogP contribution is -2.48. The molecule has 6 rings (SSSR count). The summed E-state index contributed by atoms with van der Waals surface area (Å²) in [5.74, 6) is 1.14. The van der Waals surface area contributed by atoms with Gasteiger partial charge in [-0.1, -0.05) is 6.92 Å². The number of piperidine rings is 1. The van der Waals surface area contributed by atoms with E-state index in [1.807, 2.05) is 29.3 Å². The molecule has 1 fully saturated rings. The summed E-state index contributed by atoms with van der Waals surface area (Å²) in [6.45, 7) is 9.00. The summed E-state index contributed by atoms with van der Waals surface area (Å²) in [5.41, 5.74) is 7.67. The van der Waals surface area contributed by atoms with Crippen LogP contribution in [0.25, 0.3) is 17.1 Å². The molecule has 9 heteroatoms. The van der Waals surface area contributed by atoms with Crippen molar-refractivity contribution in [2.45, 2.75) is 78.3 Å². The summed E-state index contributed by atoms with van der Waals surface area (Å²) >= 11 is 0. The topological polar surface area (TPSA) is 84.4 Å². The van der Waals surface area contributed by atoms with E-state index < -0.39 is 0 Å². The Hall–Kier alpha value is -3.75. The van der Waals surface area contributed by atoms with Crippen molar-refractivity contribution in [3.63, 3.8) is 0 Å². The fourth-order valence-electron chi connectivity index (χ4n) is 6.33. The second-order valence-electron chi connectivity index (χ2n) is 10.8. The number of carbonyl (C=O) groups excluding carboxylic acids is 1. The van der Waals surface area contributed by atoms with Crippen LogP contribution in [0.15, 0.2) is 41.3 Å². The summed E-state index contributed by atoms with van der Waals surface area (Å²) in [7, 11) is 2.05. The highest BCUT2D eigenvalue weighted by atomic mass is 16.2. The molecule has 3 aromatic heterocycles. The average molecular weight is 527 g/mol. The van der Waals surface area contributed by atoms with Crippen molar-refractivity contribution in [2.24, 2.45) is 12.0 Å². The van der Waals surface area contributed by atoms with Gasteiger partial charge in [0.1, 0.15) is 11.2 Å². The van der Waals surface area contributed by atoms with Crippen LogP contribution in [0.4, 0.5) is 5.69 Å². The quantitative estimate of drug-likeness (QED) is 0.510. The minimum atomic E-state index is 0.188. The van der Waals surface area contributed by atoms with Crippen LogP contribution in [-0.2, 0) is 24.8 Å². The number of hydrogen-bond donors (Lipinski definition) is 0. The third kappa shape index (κ3) is 4.47. The molecular formula is C30H38N8O. The number of likely N-dealkylation sites (tertiary alicyclic amines) is 1. The number of rotatable bonds is 5. The highest BCUT2D eigenvalue weighted by Crippen LogP contribution is 2.32. The predicted molar refractivity (Wildman–Crippen MR) is 151 cm³/mol. The molecule has 0 saturated carbocycles. The fraction of sp³-hybridized carbons (Fsp3) is 0.500. The maximum atomic E-state index is 13.2. The summed E-state index contributed by atoms with van der Waals surface area (Å²) in [5, 5.41) is 5.53. The van der Waals surface area contributed by atoms with Crippen LogP contribution in [0.3, 0.4) is 0 Å². The SMILES string of the molecule is CCC1=CN=c2c(nc(-c3cnn(CC)c3C)n2C)=C(N2CCC(N3C(=O)CCCc4ncccc43)CC2)C1. The van der Waals surface area contributed by atoms with Crippen molar-refractivity contribution in [3.8, 4) is 11.4 Å². The Morgan fingerprint density at radius 3 is 2.69 bits per heavy atom. The van der Waals surface area contributed by atoms with E-state index in [1.54, 1.807) is 0 Å². The zero-order valence-electron chi connectivity index (χ0n) is 23.5. The van der Waals surface area contributed by atoms with E-state index in [2.05, 4.69) is 58.3 Å². The van der Waals surface area contributed by atoms with Gasteiger partial charge in [0.25, 0.3) is 0 Å². The van der Waals surface area contributed by atoms with E-state index in [4.69, 9.17) is 9.98 Å². The Bertz CT molecular complexity index is 1550. The Labute approximate surface area is 229 Å². The van der Waals surface area contributed by atoms with Gasteiger partial charge in [-0.05, 0) is 63.7 Å². The van der Waals surface area contributed by atoms with Crippen LogP contribution in [0.5, 0.6) is 0 Å². The van der Waals surface area contributed by atoms with E-state index in [-0.39, 0.29) is 11.9 Å². The molecule has 0 unspecified atom stereocenters. The van der Waals surface area contributed by atoms with Crippen LogP contribution >= 0.6 is 0 Å². The molecule has 0 spiro atoms. The van der Waals surface area contributed by atoms with Gasteiger partial charge in [-0.3, -0.25) is 14.5 Å². The molecule has 3 aliphatic heterocycles. The molecule has 1 saturated heterocycles. The first kappa shape index (κ1) is 25.5. The Kier molecular flexibility index (Phi) is 6.83. The van der Waals surface area contributed by atoms with Gasteiger partial charge in [-0.2, -0.15) is 5.10 Å². The lowest BCUT2D eigenvalue weighted by molar-refractivity contribution is -0.119. The number of fused-ring (bicyclic) bond motifs is 2. The van der Waals surface area contributed by atoms with Crippen molar-refractivity contribution in [3.05, 3.63) is 58.5 Å². The third-order valence-electron chi connectivity index (χ3n) is 8.61. The molecule has 39 heavy (non-hydrogen) atoms. The molecule has 0 radical (unpaired) electrons. The molecule has 0 bridgehead atoms. The monoisotopic (exact) mass is 526 g/mol. The Balaban J connectivity index is 1.35. The van der Waals surface area contributed by atoms with Crippen LogP contribution in [0.1, 0.15) is 63.8 Å². The number of nitrogens with zero attached hydrogens (tertiary/aromatic N) is 8. The lowest BCUT2D eigenvalue weighted by Gasteiger charge is -2.40. The number of aromatic nitrogens is 5. The zero-order valence-corrected chi connectivity index (χ0v) is 23.5. The molecule has 0 aliphatic carbocycles. The first-order valence-corrected chi connectivity index (χ1v) is 14.4. The molecule has 3 aliphatic rings. The number of aryl methyl sites for hydroxylation is 2. The van der Waals surface area contributed by atoms with Gasteiger partial charge in [0, 0.05) is 69.4 Å². The molecule has 1 amide bonds. The standard InChI is InChI=1S/C30H38N8O/c1-5-21-17-26(28-30(32-18-21)35(4)29(34-28)23-19-33-37(6-2)20(23)3)36-15-12-22(13-16-36)38-25-10-8-14-31-24(25)9-7-11-27(38)39/h8,10,14,18-19,22H,5-7,9,11-13,15-17H2,1-4H3. The molecule has 9 nitrogen and oxygen atoms in total. The number of amides is 1. The van der Waals surface area contributed by atoms with Gasteiger partial charge < -0.3 is 14.4 Å². The molecule has 3 aromatic rings. The summed E-state index contributed by atoms with van der Waals surface area (Å²) in [6.07, 6.45) is 11.8. The maximum absolute atomic E-state index is 13.2. The van der Waals surface area contributed by atoms with Crippen LogP contribution in [0.2, 0.25) is 0 Å². The van der Waals surface area contributed by atoms with Gasteiger partial charge in [-0.25, -0.2) is 9.98 Å². The van der Waals surface area contributed by atoms with Gasteiger partial charge in [0.05, 0.1) is 23.1 Å². The first-order chi connectivity index (χ1) is 19.0. The molecule has 0 aromatic carbocycles. The largest absolute Gasteiger partial charge is 0.373 e. The average Bonchev–Trinajstić information content (AvgIpc) is 3.33. The van der Waals surface area contributed by atoms with Crippen LogP contribution in [-0.4, -0.2) is 54.3 Å². The van der Waals surface area contributed by atoms with Gasteiger partial charge in [-0.15, -0.1) is 0 Å². The first-order valence-electron chi connectivity index (χ1n) is 14.4. The van der Waals surface area contributed by atoms with Crippen molar-refractivity contribution in [1.29, 1.82) is 0 Å². The number of imidazole rings is 1.